The molecule has 0 saturated heterocycles. The van der Waals surface area contributed by atoms with E-state index in [2.05, 4.69) is 5.32 Å². The van der Waals surface area contributed by atoms with Crippen molar-refractivity contribution < 1.29 is 14.7 Å². The van der Waals surface area contributed by atoms with Gasteiger partial charge in [-0.1, -0.05) is 0 Å². The molecule has 0 aliphatic carbocycles. The largest absolute Gasteiger partial charge is 0.481 e. The lowest BCUT2D eigenvalue weighted by molar-refractivity contribution is -0.137. The van der Waals surface area contributed by atoms with Crippen LogP contribution in [0.5, 0.6) is 0 Å². The smallest absolute Gasteiger partial charge is 0.303 e. The van der Waals surface area contributed by atoms with Crippen molar-refractivity contribution in [3.8, 4) is 6.07 Å². The number of rotatable bonds is 8. The second kappa shape index (κ2) is 8.53. The molecular weight excluding hydrogens is 222 g/mol. The van der Waals surface area contributed by atoms with E-state index in [9.17, 15) is 9.59 Å². The van der Waals surface area contributed by atoms with Crippen LogP contribution in [0.3, 0.4) is 0 Å². The Kier molecular flexibility index (Phi) is 7.72. The van der Waals surface area contributed by atoms with Gasteiger partial charge in [-0.15, -0.1) is 0 Å². The van der Waals surface area contributed by atoms with Crippen LogP contribution in [-0.4, -0.2) is 47.6 Å². The first kappa shape index (κ1) is 15.4. The number of nitrogens with one attached hydrogen (secondary N) is 1. The van der Waals surface area contributed by atoms with Crippen LogP contribution in [0.1, 0.15) is 26.7 Å². The normalized spacial score (nSPS) is 10.3. The lowest BCUT2D eigenvalue weighted by atomic mass is 10.2. The predicted octanol–water partition coefficient (Wildman–Crippen LogP) is 0.201. The quantitative estimate of drug-likeness (QED) is 0.592. The number of aliphatic carboxylic acids is 1. The minimum absolute atomic E-state index is 0.000105. The van der Waals surface area contributed by atoms with E-state index in [-0.39, 0.29) is 31.5 Å². The first-order valence-corrected chi connectivity index (χ1v) is 5.57. The van der Waals surface area contributed by atoms with Crippen molar-refractivity contribution in [3.63, 3.8) is 0 Å². The van der Waals surface area contributed by atoms with E-state index in [0.717, 1.165) is 0 Å². The van der Waals surface area contributed by atoms with Gasteiger partial charge >= 0.3 is 5.97 Å². The van der Waals surface area contributed by atoms with Crippen LogP contribution in [0.25, 0.3) is 0 Å². The van der Waals surface area contributed by atoms with E-state index in [1.54, 1.807) is 0 Å². The van der Waals surface area contributed by atoms with Crippen LogP contribution in [0.15, 0.2) is 0 Å². The number of carboxylic acid groups (broad SMARTS) is 1. The van der Waals surface area contributed by atoms with Crippen molar-refractivity contribution in [2.24, 2.45) is 0 Å². The molecule has 0 aromatic heterocycles. The van der Waals surface area contributed by atoms with Gasteiger partial charge in [0.2, 0.25) is 5.91 Å². The molecule has 0 saturated carbocycles. The van der Waals surface area contributed by atoms with Crippen molar-refractivity contribution in [2.45, 2.75) is 32.7 Å². The topological polar surface area (TPSA) is 93.4 Å². The summed E-state index contributed by atoms with van der Waals surface area (Å²) < 4.78 is 0. The van der Waals surface area contributed by atoms with E-state index in [4.69, 9.17) is 10.4 Å². The molecule has 17 heavy (non-hydrogen) atoms. The Labute approximate surface area is 101 Å². The van der Waals surface area contributed by atoms with Crippen molar-refractivity contribution >= 4 is 11.9 Å². The van der Waals surface area contributed by atoms with Crippen LogP contribution in [0.4, 0.5) is 0 Å². The summed E-state index contributed by atoms with van der Waals surface area (Å²) >= 11 is 0. The number of hydrogen-bond donors (Lipinski definition) is 2. The zero-order chi connectivity index (χ0) is 13.3. The van der Waals surface area contributed by atoms with Gasteiger partial charge in [0.1, 0.15) is 6.54 Å². The number of nitrogens with zero attached hydrogens (tertiary/aromatic N) is 2. The monoisotopic (exact) mass is 241 g/mol. The summed E-state index contributed by atoms with van der Waals surface area (Å²) in [6.45, 7) is 4.64. The highest BCUT2D eigenvalue weighted by Crippen LogP contribution is 2.01. The summed E-state index contributed by atoms with van der Waals surface area (Å²) in [5.74, 6) is -1.04. The molecule has 0 spiro atoms. The van der Waals surface area contributed by atoms with Crippen LogP contribution in [0.2, 0.25) is 0 Å². The maximum absolute atomic E-state index is 11.4. The molecule has 0 bridgehead atoms. The van der Waals surface area contributed by atoms with Crippen LogP contribution >= 0.6 is 0 Å². The fraction of sp³-hybridized carbons (Fsp3) is 0.727. The molecule has 0 atom stereocenters. The zero-order valence-corrected chi connectivity index (χ0v) is 10.3. The Morgan fingerprint density at radius 3 is 2.59 bits per heavy atom. The Bertz CT molecular complexity index is 297. The molecule has 0 fully saturated rings. The third-order valence-corrected chi connectivity index (χ3v) is 2.28. The molecule has 0 heterocycles. The molecule has 96 valence electrons. The molecule has 0 aromatic rings. The van der Waals surface area contributed by atoms with Crippen molar-refractivity contribution in [2.75, 3.05) is 19.6 Å². The SMILES string of the molecule is CC(C)N(CCCC(=O)O)CC(=O)NCC#N. The second-order valence-electron chi connectivity index (χ2n) is 4.00. The van der Waals surface area contributed by atoms with Gasteiger partial charge in [-0.25, -0.2) is 0 Å². The minimum Gasteiger partial charge on any atom is -0.481 e. The lowest BCUT2D eigenvalue weighted by Crippen LogP contribution is -2.41. The summed E-state index contributed by atoms with van der Waals surface area (Å²) in [4.78, 5) is 23.7. The average molecular weight is 241 g/mol. The number of carboxylic acids is 1. The van der Waals surface area contributed by atoms with Crippen LogP contribution in [-0.2, 0) is 9.59 Å². The van der Waals surface area contributed by atoms with Gasteiger partial charge in [0.25, 0.3) is 0 Å². The van der Waals surface area contributed by atoms with Gasteiger partial charge in [-0.3, -0.25) is 14.5 Å². The Balaban J connectivity index is 4.02. The van der Waals surface area contributed by atoms with Crippen LogP contribution < -0.4 is 5.32 Å². The summed E-state index contributed by atoms with van der Waals surface area (Å²) in [6.07, 6.45) is 0.613. The lowest BCUT2D eigenvalue weighted by Gasteiger charge is -2.25. The summed E-state index contributed by atoms with van der Waals surface area (Å²) in [6, 6.07) is 1.99. The van der Waals surface area contributed by atoms with Gasteiger partial charge in [-0.2, -0.15) is 5.26 Å². The summed E-state index contributed by atoms with van der Waals surface area (Å²) in [5, 5.41) is 19.3. The van der Waals surface area contributed by atoms with Crippen molar-refractivity contribution in [1.29, 1.82) is 5.26 Å². The number of carbonyl (C=O) groups excluding carboxylic acids is 1. The maximum Gasteiger partial charge on any atom is 0.303 e. The Morgan fingerprint density at radius 2 is 2.12 bits per heavy atom. The molecule has 0 unspecified atom stereocenters. The predicted molar refractivity (Wildman–Crippen MR) is 62.2 cm³/mol. The third kappa shape index (κ3) is 8.22. The third-order valence-electron chi connectivity index (χ3n) is 2.28. The maximum atomic E-state index is 11.4. The molecule has 0 rings (SSSR count). The Hall–Kier alpha value is -1.61. The number of carbonyl (C=O) groups is 2. The van der Waals surface area contributed by atoms with Gasteiger partial charge in [0.15, 0.2) is 0 Å². The first-order valence-electron chi connectivity index (χ1n) is 5.57. The summed E-state index contributed by atoms with van der Waals surface area (Å²) in [7, 11) is 0. The highest BCUT2D eigenvalue weighted by atomic mass is 16.4. The molecule has 0 radical (unpaired) electrons. The fourth-order valence-corrected chi connectivity index (χ4v) is 1.33. The molecule has 6 nitrogen and oxygen atoms in total. The molecule has 6 heteroatoms. The van der Waals surface area contributed by atoms with E-state index in [1.165, 1.54) is 0 Å². The van der Waals surface area contributed by atoms with Gasteiger partial charge < -0.3 is 10.4 Å². The van der Waals surface area contributed by atoms with E-state index in [0.29, 0.717) is 13.0 Å². The molecule has 2 N–H and O–H groups in total. The van der Waals surface area contributed by atoms with Gasteiger partial charge in [-0.05, 0) is 26.8 Å². The zero-order valence-electron chi connectivity index (χ0n) is 10.3. The molecule has 0 aliphatic heterocycles. The molecular formula is C11H19N3O3. The number of amides is 1. The van der Waals surface area contributed by atoms with Crippen molar-refractivity contribution in [1.82, 2.24) is 10.2 Å². The molecule has 0 aliphatic rings. The second-order valence-corrected chi connectivity index (χ2v) is 4.00. The molecule has 1 amide bonds. The van der Waals surface area contributed by atoms with Gasteiger partial charge in [0, 0.05) is 12.5 Å². The fourth-order valence-electron chi connectivity index (χ4n) is 1.33. The minimum atomic E-state index is -0.831. The standard InChI is InChI=1S/C11H19N3O3/c1-9(2)14(7-3-4-11(16)17)8-10(15)13-6-5-12/h9H,3-4,6-8H2,1-2H3,(H,13,15)(H,16,17). The highest BCUT2D eigenvalue weighted by molar-refractivity contribution is 5.78. The van der Waals surface area contributed by atoms with E-state index < -0.39 is 5.97 Å². The first-order chi connectivity index (χ1) is 7.97. The number of nitriles is 1. The van der Waals surface area contributed by atoms with Crippen LogP contribution in [0, 0.1) is 11.3 Å². The molecule has 0 aromatic carbocycles. The summed E-state index contributed by atoms with van der Waals surface area (Å²) in [5.41, 5.74) is 0. The van der Waals surface area contributed by atoms with Crippen molar-refractivity contribution in [3.05, 3.63) is 0 Å². The highest BCUT2D eigenvalue weighted by Gasteiger charge is 2.13. The van der Waals surface area contributed by atoms with E-state index in [1.807, 2.05) is 24.8 Å². The Morgan fingerprint density at radius 1 is 1.47 bits per heavy atom. The van der Waals surface area contributed by atoms with E-state index >= 15 is 0 Å². The average Bonchev–Trinajstić information content (AvgIpc) is 2.24. The number of hydrogen-bond acceptors (Lipinski definition) is 4. The van der Waals surface area contributed by atoms with Gasteiger partial charge in [0.05, 0.1) is 12.6 Å².